The summed E-state index contributed by atoms with van der Waals surface area (Å²) in [6.07, 6.45) is 0.832. The summed E-state index contributed by atoms with van der Waals surface area (Å²) in [5, 5.41) is 3.30. The van der Waals surface area contributed by atoms with Crippen LogP contribution < -0.4 is 10.1 Å². The smallest absolute Gasteiger partial charge is 0.326 e. The van der Waals surface area contributed by atoms with Crippen LogP contribution in [0.15, 0.2) is 18.2 Å². The van der Waals surface area contributed by atoms with Gasteiger partial charge in [-0.1, -0.05) is 6.07 Å². The Morgan fingerprint density at radius 2 is 2.29 bits per heavy atom. The fraction of sp³-hybridized carbons (Fsp3) is 0.462. The van der Waals surface area contributed by atoms with E-state index in [1.807, 2.05) is 12.1 Å². The molecule has 4 nitrogen and oxygen atoms in total. The molecular formula is C13H15NO3. The molecule has 0 spiro atoms. The Bertz CT molecular complexity index is 486. The van der Waals surface area contributed by atoms with E-state index in [0.717, 1.165) is 12.2 Å². The lowest BCUT2D eigenvalue weighted by atomic mass is 9.95. The number of esters is 1. The fourth-order valence-electron chi connectivity index (χ4n) is 2.77. The maximum Gasteiger partial charge on any atom is 0.326 e. The van der Waals surface area contributed by atoms with Gasteiger partial charge in [-0.15, -0.1) is 0 Å². The molecule has 4 heteroatoms. The van der Waals surface area contributed by atoms with Gasteiger partial charge in [0, 0.05) is 12.5 Å². The van der Waals surface area contributed by atoms with Crippen LogP contribution in [0.25, 0.3) is 0 Å². The van der Waals surface area contributed by atoms with Gasteiger partial charge in [-0.2, -0.15) is 0 Å². The summed E-state index contributed by atoms with van der Waals surface area (Å²) >= 11 is 0. The van der Waals surface area contributed by atoms with E-state index in [1.165, 1.54) is 18.2 Å². The molecule has 1 aliphatic heterocycles. The average Bonchev–Trinajstić information content (AvgIpc) is 3.13. The number of rotatable bonds is 2. The van der Waals surface area contributed by atoms with Crippen molar-refractivity contribution in [2.24, 2.45) is 0 Å². The van der Waals surface area contributed by atoms with E-state index in [-0.39, 0.29) is 11.9 Å². The van der Waals surface area contributed by atoms with Gasteiger partial charge in [-0.05, 0) is 29.7 Å². The predicted octanol–water partition coefficient (Wildman–Crippen LogP) is 1.20. The molecule has 2 unspecified atom stereocenters. The highest BCUT2D eigenvalue weighted by Gasteiger charge is 2.63. The Labute approximate surface area is 99.9 Å². The molecule has 0 amide bonds. The van der Waals surface area contributed by atoms with Crippen LogP contribution in [-0.4, -0.2) is 25.7 Å². The van der Waals surface area contributed by atoms with E-state index in [0.29, 0.717) is 6.54 Å². The van der Waals surface area contributed by atoms with Gasteiger partial charge in [0.2, 0.25) is 0 Å². The average molecular weight is 233 g/mol. The highest BCUT2D eigenvalue weighted by molar-refractivity contribution is 5.87. The molecule has 0 radical (unpaired) electrons. The number of benzene rings is 1. The van der Waals surface area contributed by atoms with Gasteiger partial charge in [0.05, 0.1) is 14.2 Å². The Hall–Kier alpha value is -1.55. The second-order valence-corrected chi connectivity index (χ2v) is 4.64. The van der Waals surface area contributed by atoms with Gasteiger partial charge < -0.3 is 9.47 Å². The fourth-order valence-corrected chi connectivity index (χ4v) is 2.77. The predicted molar refractivity (Wildman–Crippen MR) is 61.9 cm³/mol. The van der Waals surface area contributed by atoms with Crippen LogP contribution in [0.5, 0.6) is 5.75 Å². The molecule has 1 aliphatic carbocycles. The molecule has 0 aromatic heterocycles. The number of nitrogens with one attached hydrogen (secondary N) is 1. The zero-order valence-electron chi connectivity index (χ0n) is 9.95. The standard InChI is InChI=1S/C13H15NO3/c1-16-9-3-4-10-8(5-9)7-14-13(6-11(10)13)12(15)17-2/h3-5,11,14H,6-7H2,1-2H3. The van der Waals surface area contributed by atoms with Crippen molar-refractivity contribution in [3.8, 4) is 5.75 Å². The van der Waals surface area contributed by atoms with Crippen LogP contribution >= 0.6 is 0 Å². The quantitative estimate of drug-likeness (QED) is 0.780. The normalized spacial score (nSPS) is 28.9. The largest absolute Gasteiger partial charge is 0.497 e. The molecule has 0 saturated heterocycles. The van der Waals surface area contributed by atoms with Gasteiger partial charge in [-0.3, -0.25) is 10.1 Å². The number of methoxy groups -OCH3 is 2. The summed E-state index contributed by atoms with van der Waals surface area (Å²) in [6.45, 7) is 0.693. The van der Waals surface area contributed by atoms with Gasteiger partial charge >= 0.3 is 5.97 Å². The lowest BCUT2D eigenvalue weighted by Gasteiger charge is -2.24. The minimum atomic E-state index is -0.462. The van der Waals surface area contributed by atoms with E-state index in [4.69, 9.17) is 9.47 Å². The molecule has 0 bridgehead atoms. The van der Waals surface area contributed by atoms with Crippen molar-refractivity contribution in [2.45, 2.75) is 24.4 Å². The van der Waals surface area contributed by atoms with Crippen LogP contribution in [0.3, 0.4) is 0 Å². The minimum Gasteiger partial charge on any atom is -0.497 e. The second kappa shape index (κ2) is 3.47. The minimum absolute atomic E-state index is 0.149. The van der Waals surface area contributed by atoms with Gasteiger partial charge in [0.15, 0.2) is 0 Å². The van der Waals surface area contributed by atoms with Crippen molar-refractivity contribution in [1.29, 1.82) is 0 Å². The van der Waals surface area contributed by atoms with E-state index in [9.17, 15) is 4.79 Å². The van der Waals surface area contributed by atoms with Gasteiger partial charge in [-0.25, -0.2) is 0 Å². The number of hydrogen-bond donors (Lipinski definition) is 1. The Balaban J connectivity index is 1.95. The number of carbonyl (C=O) groups excluding carboxylic acids is 1. The zero-order valence-corrected chi connectivity index (χ0v) is 9.95. The van der Waals surface area contributed by atoms with Crippen LogP contribution in [0.4, 0.5) is 0 Å². The Morgan fingerprint density at radius 3 is 3.00 bits per heavy atom. The van der Waals surface area contributed by atoms with Gasteiger partial charge in [0.25, 0.3) is 0 Å². The second-order valence-electron chi connectivity index (χ2n) is 4.64. The maximum atomic E-state index is 11.8. The monoisotopic (exact) mass is 233 g/mol. The van der Waals surface area contributed by atoms with E-state index < -0.39 is 5.54 Å². The summed E-state index contributed by atoms with van der Waals surface area (Å²) in [4.78, 5) is 11.8. The topological polar surface area (TPSA) is 47.6 Å². The Kier molecular flexibility index (Phi) is 2.16. The van der Waals surface area contributed by atoms with Crippen molar-refractivity contribution in [1.82, 2.24) is 5.32 Å². The van der Waals surface area contributed by atoms with Crippen LogP contribution in [0.1, 0.15) is 23.5 Å². The molecule has 2 aliphatic rings. The number of hydrogen-bond acceptors (Lipinski definition) is 4. The lowest BCUT2D eigenvalue weighted by Crippen LogP contribution is -2.43. The SMILES string of the molecule is COC(=O)C12CC1c1ccc(OC)cc1CN2. The first-order chi connectivity index (χ1) is 8.21. The highest BCUT2D eigenvalue weighted by Crippen LogP contribution is 2.55. The van der Waals surface area contributed by atoms with Crippen molar-refractivity contribution >= 4 is 5.97 Å². The van der Waals surface area contributed by atoms with E-state index >= 15 is 0 Å². The Morgan fingerprint density at radius 1 is 1.47 bits per heavy atom. The number of ether oxygens (including phenoxy) is 2. The van der Waals surface area contributed by atoms with Crippen LogP contribution in [0.2, 0.25) is 0 Å². The molecular weight excluding hydrogens is 218 g/mol. The first-order valence-corrected chi connectivity index (χ1v) is 5.71. The summed E-state index contributed by atoms with van der Waals surface area (Å²) < 4.78 is 10.1. The van der Waals surface area contributed by atoms with Crippen LogP contribution in [-0.2, 0) is 16.1 Å². The third-order valence-electron chi connectivity index (χ3n) is 3.83. The molecule has 1 aromatic carbocycles. The summed E-state index contributed by atoms with van der Waals surface area (Å²) in [6, 6.07) is 6.04. The van der Waals surface area contributed by atoms with E-state index in [1.54, 1.807) is 7.11 Å². The molecule has 1 heterocycles. The zero-order chi connectivity index (χ0) is 12.0. The third kappa shape index (κ3) is 1.37. The molecule has 2 atom stereocenters. The third-order valence-corrected chi connectivity index (χ3v) is 3.83. The van der Waals surface area contributed by atoms with Gasteiger partial charge in [0.1, 0.15) is 11.3 Å². The molecule has 1 aromatic rings. The molecule has 1 fully saturated rings. The van der Waals surface area contributed by atoms with Crippen molar-refractivity contribution in [2.75, 3.05) is 14.2 Å². The van der Waals surface area contributed by atoms with E-state index in [2.05, 4.69) is 11.4 Å². The summed E-state index contributed by atoms with van der Waals surface area (Å²) in [7, 11) is 3.10. The first-order valence-electron chi connectivity index (χ1n) is 5.71. The number of fused-ring (bicyclic) bond motifs is 3. The van der Waals surface area contributed by atoms with Crippen LogP contribution in [0, 0.1) is 0 Å². The summed E-state index contributed by atoms with van der Waals surface area (Å²) in [5.41, 5.74) is 2.00. The van der Waals surface area contributed by atoms with Crippen molar-refractivity contribution in [3.63, 3.8) is 0 Å². The molecule has 1 N–H and O–H groups in total. The number of carbonyl (C=O) groups is 1. The highest BCUT2D eigenvalue weighted by atomic mass is 16.5. The summed E-state index contributed by atoms with van der Waals surface area (Å²) in [5.74, 6) is 0.963. The molecule has 17 heavy (non-hydrogen) atoms. The lowest BCUT2D eigenvalue weighted by molar-refractivity contribution is -0.144. The van der Waals surface area contributed by atoms with Crippen molar-refractivity contribution in [3.05, 3.63) is 29.3 Å². The van der Waals surface area contributed by atoms with Crippen molar-refractivity contribution < 1.29 is 14.3 Å². The molecule has 3 rings (SSSR count). The molecule has 1 saturated carbocycles. The first kappa shape index (κ1) is 10.6. The maximum absolute atomic E-state index is 11.8. The molecule has 90 valence electrons.